The first-order chi connectivity index (χ1) is 17.0. The summed E-state index contributed by atoms with van der Waals surface area (Å²) in [7, 11) is 2.12. The molecule has 7 heteroatoms. The Bertz CT molecular complexity index is 1340. The van der Waals surface area contributed by atoms with E-state index in [0.29, 0.717) is 23.1 Å². The number of amides is 1. The molecule has 0 fully saturated rings. The average molecular weight is 526 g/mol. The Morgan fingerprint density at radius 1 is 0.971 bits per heavy atom. The number of rotatable bonds is 6. The highest BCUT2D eigenvalue weighted by Gasteiger charge is 2.26. The molecule has 4 nitrogen and oxygen atoms in total. The first-order valence-electron chi connectivity index (χ1n) is 11.6. The van der Waals surface area contributed by atoms with Gasteiger partial charge in [0.25, 0.3) is 0 Å². The molecule has 4 aromatic rings. The van der Waals surface area contributed by atoms with Gasteiger partial charge in [0.15, 0.2) is 0 Å². The molecule has 0 bridgehead atoms. The topological polar surface area (TPSA) is 32.8 Å². The fraction of sp³-hybridized carbons (Fsp3) is 0.250. The van der Waals surface area contributed by atoms with E-state index < -0.39 is 0 Å². The minimum absolute atomic E-state index is 0.235. The molecule has 0 saturated heterocycles. The first kappa shape index (κ1) is 24.1. The van der Waals surface area contributed by atoms with Crippen LogP contribution in [0.25, 0.3) is 10.1 Å². The van der Waals surface area contributed by atoms with E-state index in [9.17, 15) is 4.79 Å². The van der Waals surface area contributed by atoms with Gasteiger partial charge in [-0.05, 0) is 41.8 Å². The van der Waals surface area contributed by atoms with Gasteiger partial charge < -0.3 is 9.64 Å². The van der Waals surface area contributed by atoms with E-state index in [4.69, 9.17) is 27.9 Å². The Labute approximate surface area is 219 Å². The Balaban J connectivity index is 1.49. The van der Waals surface area contributed by atoms with Gasteiger partial charge in [-0.25, -0.2) is 4.79 Å². The first-order valence-corrected chi connectivity index (χ1v) is 13.2. The highest BCUT2D eigenvalue weighted by atomic mass is 35.5. The van der Waals surface area contributed by atoms with E-state index >= 15 is 0 Å². The molecule has 1 aromatic heterocycles. The third kappa shape index (κ3) is 5.34. The Morgan fingerprint density at radius 3 is 2.37 bits per heavy atom. The molecule has 5 rings (SSSR count). The molecule has 0 spiro atoms. The van der Waals surface area contributed by atoms with Crippen molar-refractivity contribution in [2.24, 2.45) is 0 Å². The van der Waals surface area contributed by atoms with Crippen molar-refractivity contribution >= 4 is 50.7 Å². The minimum atomic E-state index is -0.339. The second kappa shape index (κ2) is 10.6. The number of thiophene rings is 1. The lowest BCUT2D eigenvalue weighted by Crippen LogP contribution is -2.31. The lowest BCUT2D eigenvalue weighted by atomic mass is 10.0. The van der Waals surface area contributed by atoms with Crippen molar-refractivity contribution in [2.45, 2.75) is 32.7 Å². The van der Waals surface area contributed by atoms with Crippen LogP contribution >= 0.6 is 34.5 Å². The zero-order chi connectivity index (χ0) is 24.4. The second-order valence-corrected chi connectivity index (χ2v) is 10.8. The van der Waals surface area contributed by atoms with Crippen LogP contribution in [0.4, 0.5) is 4.79 Å². The quantitative estimate of drug-likeness (QED) is 0.261. The number of hydrogen-bond donors (Lipinski definition) is 0. The van der Waals surface area contributed by atoms with E-state index in [0.717, 1.165) is 51.2 Å². The molecule has 2 heterocycles. The van der Waals surface area contributed by atoms with Crippen LogP contribution in [0.15, 0.2) is 66.7 Å². The van der Waals surface area contributed by atoms with E-state index in [-0.39, 0.29) is 12.7 Å². The third-order valence-corrected chi connectivity index (χ3v) is 8.33. The van der Waals surface area contributed by atoms with E-state index in [1.807, 2.05) is 66.7 Å². The second-order valence-electron chi connectivity index (χ2n) is 8.90. The molecule has 180 valence electrons. The molecule has 0 radical (unpaired) electrons. The van der Waals surface area contributed by atoms with E-state index in [1.54, 1.807) is 16.2 Å². The van der Waals surface area contributed by atoms with E-state index in [1.165, 1.54) is 5.56 Å². The largest absolute Gasteiger partial charge is 0.445 e. The number of nitrogens with zero attached hydrogens (tertiary/aromatic N) is 2. The summed E-state index contributed by atoms with van der Waals surface area (Å²) in [5.74, 6) is 0. The molecule has 1 aliphatic heterocycles. The van der Waals surface area contributed by atoms with Gasteiger partial charge in [0.1, 0.15) is 6.61 Å². The van der Waals surface area contributed by atoms with Crippen LogP contribution < -0.4 is 0 Å². The number of hydrogen-bond acceptors (Lipinski definition) is 4. The summed E-state index contributed by atoms with van der Waals surface area (Å²) in [4.78, 5) is 18.5. The average Bonchev–Trinajstić information content (AvgIpc) is 3.10. The van der Waals surface area contributed by atoms with Crippen LogP contribution in [0.5, 0.6) is 0 Å². The standard InChI is InChI=1S/C28H26Cl2N2O2S/c1-31-13-12-21-23(29)14-24(30)27-26(21)22(16-31)25(35-27)17-32(15-19-8-4-2-5-9-19)28(33)34-18-20-10-6-3-7-11-20/h2-11,14H,12-13,15-18H2,1H3. The van der Waals surface area contributed by atoms with Gasteiger partial charge in [-0.15, -0.1) is 11.3 Å². The fourth-order valence-corrected chi connectivity index (χ4v) is 6.48. The van der Waals surface area contributed by atoms with Crippen molar-refractivity contribution in [2.75, 3.05) is 13.6 Å². The number of halogens is 2. The summed E-state index contributed by atoms with van der Waals surface area (Å²) in [5.41, 5.74) is 4.36. The molecular weight excluding hydrogens is 499 g/mol. The van der Waals surface area contributed by atoms with Crippen LogP contribution in [0.1, 0.15) is 27.1 Å². The highest BCUT2D eigenvalue weighted by molar-refractivity contribution is 7.20. The third-order valence-electron chi connectivity index (χ3n) is 6.34. The molecule has 3 aromatic carbocycles. The highest BCUT2D eigenvalue weighted by Crippen LogP contribution is 2.43. The van der Waals surface area contributed by atoms with Gasteiger partial charge in [-0.2, -0.15) is 0 Å². The number of ether oxygens (including phenoxy) is 1. The predicted octanol–water partition coefficient (Wildman–Crippen LogP) is 7.54. The van der Waals surface area contributed by atoms with E-state index in [2.05, 4.69) is 11.9 Å². The van der Waals surface area contributed by atoms with Gasteiger partial charge in [0.2, 0.25) is 0 Å². The number of carbonyl (C=O) groups excluding carboxylic acids is 1. The number of carbonyl (C=O) groups is 1. The summed E-state index contributed by atoms with van der Waals surface area (Å²) in [6.07, 6.45) is 0.535. The van der Waals surface area contributed by atoms with Crippen molar-refractivity contribution < 1.29 is 9.53 Å². The summed E-state index contributed by atoms with van der Waals surface area (Å²) >= 11 is 14.9. The number of benzene rings is 3. The zero-order valence-electron chi connectivity index (χ0n) is 19.5. The number of likely N-dealkylation sites (N-methyl/N-ethyl adjacent to an activating group) is 1. The van der Waals surface area contributed by atoms with Crippen molar-refractivity contribution in [1.29, 1.82) is 0 Å². The molecule has 0 unspecified atom stereocenters. The Kier molecular flexibility index (Phi) is 7.30. The Morgan fingerprint density at radius 2 is 1.66 bits per heavy atom. The smallest absolute Gasteiger partial charge is 0.410 e. The van der Waals surface area contributed by atoms with Gasteiger partial charge in [-0.1, -0.05) is 83.9 Å². The molecule has 0 N–H and O–H groups in total. The van der Waals surface area contributed by atoms with Gasteiger partial charge >= 0.3 is 6.09 Å². The zero-order valence-corrected chi connectivity index (χ0v) is 21.8. The van der Waals surface area contributed by atoms with Crippen LogP contribution in [0.3, 0.4) is 0 Å². The van der Waals surface area contributed by atoms with Gasteiger partial charge in [0.05, 0.1) is 16.3 Å². The summed E-state index contributed by atoms with van der Waals surface area (Å²) in [6.45, 7) is 2.84. The van der Waals surface area contributed by atoms with Crippen molar-refractivity contribution in [3.63, 3.8) is 0 Å². The molecule has 1 amide bonds. The molecule has 35 heavy (non-hydrogen) atoms. The summed E-state index contributed by atoms with van der Waals surface area (Å²) in [6, 6.07) is 21.6. The Hall–Kier alpha value is -2.57. The SMILES string of the molecule is CN1CCc2c(Cl)cc(Cl)c3sc(CN(Cc4ccccc4)C(=O)OCc4ccccc4)c(c23)C1. The maximum absolute atomic E-state index is 13.3. The lowest BCUT2D eigenvalue weighted by Gasteiger charge is -2.23. The predicted molar refractivity (Wildman–Crippen MR) is 144 cm³/mol. The van der Waals surface area contributed by atoms with Crippen LogP contribution in [0.2, 0.25) is 10.0 Å². The van der Waals surface area contributed by atoms with Gasteiger partial charge in [-0.3, -0.25) is 4.90 Å². The lowest BCUT2D eigenvalue weighted by molar-refractivity contribution is 0.0913. The monoisotopic (exact) mass is 524 g/mol. The maximum Gasteiger partial charge on any atom is 0.410 e. The summed E-state index contributed by atoms with van der Waals surface area (Å²) in [5, 5.41) is 2.54. The van der Waals surface area contributed by atoms with Gasteiger partial charge in [0, 0.05) is 34.9 Å². The van der Waals surface area contributed by atoms with Crippen LogP contribution in [-0.4, -0.2) is 29.5 Å². The van der Waals surface area contributed by atoms with Crippen LogP contribution in [-0.2, 0) is 37.4 Å². The van der Waals surface area contributed by atoms with Crippen molar-refractivity contribution in [1.82, 2.24) is 9.80 Å². The van der Waals surface area contributed by atoms with Crippen molar-refractivity contribution in [3.05, 3.63) is 104 Å². The molecule has 1 aliphatic rings. The molecule has 0 aliphatic carbocycles. The van der Waals surface area contributed by atoms with Crippen molar-refractivity contribution in [3.8, 4) is 0 Å². The molecule has 0 atom stereocenters. The maximum atomic E-state index is 13.3. The van der Waals surface area contributed by atoms with Crippen LogP contribution in [0, 0.1) is 0 Å². The summed E-state index contributed by atoms with van der Waals surface area (Å²) < 4.78 is 6.79. The normalized spacial score (nSPS) is 13.6. The minimum Gasteiger partial charge on any atom is -0.445 e. The fourth-order valence-electron chi connectivity index (χ4n) is 4.55. The molecule has 0 saturated carbocycles. The molecular formula is C28H26Cl2N2O2S.